The van der Waals surface area contributed by atoms with Crippen molar-refractivity contribution in [3.8, 4) is 0 Å². The summed E-state index contributed by atoms with van der Waals surface area (Å²) in [5.41, 5.74) is -3.40. The van der Waals surface area contributed by atoms with Crippen LogP contribution in [0.15, 0.2) is 155 Å². The van der Waals surface area contributed by atoms with Gasteiger partial charge in [0.1, 0.15) is 69.8 Å². The van der Waals surface area contributed by atoms with E-state index in [1.165, 1.54) is 49.2 Å². The fourth-order valence-electron chi connectivity index (χ4n) is 4.93. The van der Waals surface area contributed by atoms with Gasteiger partial charge in [-0.2, -0.15) is 0 Å². The number of benzene rings is 6. The molecule has 0 amide bonds. The zero-order valence-electron chi connectivity index (χ0n) is 35.2. The Morgan fingerprint density at radius 3 is 0.754 bits per heavy atom. The number of hydrogen-bond donors (Lipinski definition) is 0. The van der Waals surface area contributed by atoms with Crippen molar-refractivity contribution in [1.29, 1.82) is 0 Å². The summed E-state index contributed by atoms with van der Waals surface area (Å²) < 4.78 is 163. The van der Waals surface area contributed by atoms with Crippen molar-refractivity contribution in [2.75, 3.05) is 13.2 Å². The Hall–Kier alpha value is -6.75. The molecule has 0 unspecified atom stereocenters. The van der Waals surface area contributed by atoms with Gasteiger partial charge < -0.3 is 35.7 Å². The van der Waals surface area contributed by atoms with Gasteiger partial charge in [0.05, 0.1) is 0 Å². The molecule has 1 fully saturated rings. The summed E-state index contributed by atoms with van der Waals surface area (Å²) in [6.07, 6.45) is 8.15. The van der Waals surface area contributed by atoms with Crippen LogP contribution in [0.3, 0.4) is 0 Å². The summed E-state index contributed by atoms with van der Waals surface area (Å²) in [4.78, 5) is 14.0. The van der Waals surface area contributed by atoms with Gasteiger partial charge in [0.25, 0.3) is 0 Å². The molecule has 363 valence electrons. The average molecular weight is 1120 g/mol. The van der Waals surface area contributed by atoms with E-state index in [4.69, 9.17) is 4.74 Å². The van der Waals surface area contributed by atoms with Crippen LogP contribution in [0.1, 0.15) is 12.8 Å². The number of hydrogen-bond acceptors (Lipinski definition) is 5. The molecule has 0 atom stereocenters. The molecule has 0 spiro atoms. The maximum atomic E-state index is 13.2. The van der Waals surface area contributed by atoms with Crippen LogP contribution in [0.4, 0.5) is 86.8 Å². The maximum Gasteiger partial charge on any atom is 3.00 e. The first kappa shape index (κ1) is 56.6. The van der Waals surface area contributed by atoms with E-state index in [-0.39, 0.29) is 37.3 Å². The number of pyridine rings is 1. The van der Waals surface area contributed by atoms with Crippen LogP contribution in [0, 0.1) is 107 Å². The number of para-hydroxylation sites is 6. The third kappa shape index (κ3) is 19.0. The first-order chi connectivity index (χ1) is 32.8. The van der Waals surface area contributed by atoms with Gasteiger partial charge >= 0.3 is 37.3 Å². The Balaban J connectivity index is 0.000000244. The molecule has 21 heteroatoms. The molecule has 1 aliphatic rings. The summed E-state index contributed by atoms with van der Waals surface area (Å²) in [6.45, 7) is 2.00. The van der Waals surface area contributed by atoms with Crippen LogP contribution in [0.2, 0.25) is 0 Å². The zero-order valence-corrected chi connectivity index (χ0v) is 37.1. The fourth-order valence-corrected chi connectivity index (χ4v) is 4.93. The van der Waals surface area contributed by atoms with Gasteiger partial charge in [-0.25, -0.2) is 52.7 Å². The smallest absolute Gasteiger partial charge is 0.438 e. The van der Waals surface area contributed by atoms with Crippen LogP contribution in [0.25, 0.3) is 16.0 Å². The number of rotatable bonds is 9. The van der Waals surface area contributed by atoms with E-state index < -0.39 is 104 Å². The predicted octanol–water partition coefficient (Wildman–Crippen LogP) is 15.7. The van der Waals surface area contributed by atoms with Crippen LogP contribution in [-0.4, -0.2) is 37.2 Å². The first-order valence-corrected chi connectivity index (χ1v) is 19.5. The van der Waals surface area contributed by atoms with E-state index in [2.05, 4.69) is 35.9 Å². The van der Waals surface area contributed by atoms with Crippen LogP contribution in [-0.2, 0) is 4.74 Å². The second-order valence-corrected chi connectivity index (χ2v) is 12.9. The summed E-state index contributed by atoms with van der Waals surface area (Å²) >= 11 is 0. The van der Waals surface area contributed by atoms with Gasteiger partial charge in [-0.1, -0.05) is 61.5 Å². The second-order valence-electron chi connectivity index (χ2n) is 12.9. The monoisotopic (exact) mass is 1120 g/mol. The Bertz CT molecular complexity index is 2350. The van der Waals surface area contributed by atoms with Crippen molar-refractivity contribution in [3.63, 3.8) is 0 Å². The Morgan fingerprint density at radius 2 is 0.580 bits per heavy atom. The maximum absolute atomic E-state index is 13.2. The molecular weight excluding hydrogens is 1090 g/mol. The molecule has 8 rings (SSSR count). The van der Waals surface area contributed by atoms with E-state index in [1.807, 2.05) is 18.2 Å². The molecule has 1 saturated heterocycles. The summed E-state index contributed by atoms with van der Waals surface area (Å²) in [7, 11) is 0. The summed E-state index contributed by atoms with van der Waals surface area (Å²) in [5.74, 6) is -10.7. The van der Waals surface area contributed by atoms with E-state index in [0.29, 0.717) is 19.0 Å². The molecule has 0 aliphatic carbocycles. The van der Waals surface area contributed by atoms with Crippen LogP contribution >= 0.6 is 0 Å². The second kappa shape index (κ2) is 30.6. The molecule has 7 aromatic rings. The predicted molar refractivity (Wildman–Crippen MR) is 236 cm³/mol. The van der Waals surface area contributed by atoms with Crippen molar-refractivity contribution < 1.29 is 94.7 Å². The molecule has 1 aromatic heterocycles. The minimum absolute atomic E-state index is 0. The van der Waals surface area contributed by atoms with Crippen molar-refractivity contribution in [3.05, 3.63) is 226 Å². The van der Waals surface area contributed by atoms with Gasteiger partial charge in [-0.3, -0.25) is 4.98 Å². The Morgan fingerprint density at radius 1 is 0.348 bits per heavy atom. The van der Waals surface area contributed by atoms with Crippen LogP contribution < -0.4 is 0 Å². The molecule has 2 heterocycles. The third-order valence-corrected chi connectivity index (χ3v) is 8.14. The molecule has 6 aromatic carbocycles. The molecule has 0 N–H and O–H groups in total. The van der Waals surface area contributed by atoms with Crippen molar-refractivity contribution in [2.45, 2.75) is 12.8 Å². The largest absolute Gasteiger partial charge is 3.00 e. The zero-order chi connectivity index (χ0) is 49.3. The van der Waals surface area contributed by atoms with Gasteiger partial charge in [0.2, 0.25) is 0 Å². The minimum atomic E-state index is -0.888. The van der Waals surface area contributed by atoms with Gasteiger partial charge in [-0.15, -0.1) is 0 Å². The normalized spacial score (nSPS) is 11.5. The van der Waals surface area contributed by atoms with Crippen LogP contribution in [0.5, 0.6) is 0 Å². The Kier molecular flexibility index (Phi) is 25.1. The van der Waals surface area contributed by atoms with E-state index in [0.717, 1.165) is 86.0 Å². The minimum Gasteiger partial charge on any atom is -0.438 e. The molecule has 0 saturated carbocycles. The Labute approximate surface area is 417 Å². The summed E-state index contributed by atoms with van der Waals surface area (Å²) in [6, 6.07) is 24.9. The van der Waals surface area contributed by atoms with E-state index >= 15 is 0 Å². The van der Waals surface area contributed by atoms with Gasteiger partial charge in [0.15, 0.2) is 0 Å². The number of aliphatic imine (C=N–C) groups is 3. The molecule has 1 aliphatic heterocycles. The molecule has 69 heavy (non-hydrogen) atoms. The van der Waals surface area contributed by atoms with E-state index in [1.54, 1.807) is 12.4 Å². The quantitative estimate of drug-likeness (QED) is 0.0817. The first-order valence-electron chi connectivity index (χ1n) is 19.5. The fraction of sp³-hybridized carbons (Fsp3) is 0.0833. The van der Waals surface area contributed by atoms with Crippen molar-refractivity contribution in [2.24, 2.45) is 15.0 Å². The average Bonchev–Trinajstić information content (AvgIpc) is 3.92. The topological polar surface area (TPSA) is 101 Å². The molecular formula is C48H34ErF12N7O. The van der Waals surface area contributed by atoms with Crippen molar-refractivity contribution in [1.82, 2.24) is 4.98 Å². The molecule has 0 bridgehead atoms. The molecule has 1 radical (unpaired) electrons. The summed E-state index contributed by atoms with van der Waals surface area (Å²) in [5, 5.41) is 10.2. The standard InChI is InChI=1S/3C13H7F4N2.C5H5N.C4H8O.Er/c3*14-8-3-1-4-9(15)12(8)18-7-19-13-10(16)5-2-6-11(13)17;1-2-4-6-5-3-1;1-2-4-5-3-1;/h3*1-7H;1-5H;1-4H2;/q3*-1;;;+3. The SMILES string of the molecule is C1CCOC1.Fc1cccc(F)c1N=C[N-]c1c(F)cccc1F.Fc1cccc(F)c1N=C[N-]c1c(F)cccc1F.Fc1cccc(F)c1N=C[N-]c1c(F)cccc1F.[Er+3].c1ccncc1. The van der Waals surface area contributed by atoms with E-state index in [9.17, 15) is 52.7 Å². The number of halogens is 12. The number of ether oxygens (including phenoxy) is 1. The molecule has 8 nitrogen and oxygen atoms in total. The van der Waals surface area contributed by atoms with Gasteiger partial charge in [0, 0.05) is 59.7 Å². The number of nitrogens with zero attached hydrogens (tertiary/aromatic N) is 7. The number of aromatic nitrogens is 1. The third-order valence-electron chi connectivity index (χ3n) is 8.14. The van der Waals surface area contributed by atoms with Gasteiger partial charge in [-0.05, 0) is 97.8 Å². The van der Waals surface area contributed by atoms with Crippen molar-refractivity contribution >= 4 is 53.1 Å².